The number of fused-ring (bicyclic) bond motifs is 2. The maximum absolute atomic E-state index is 13.0. The van der Waals surface area contributed by atoms with E-state index in [9.17, 15) is 14.4 Å². The summed E-state index contributed by atoms with van der Waals surface area (Å²) in [5.74, 6) is -0.293. The van der Waals surface area contributed by atoms with E-state index in [2.05, 4.69) is 10.3 Å². The van der Waals surface area contributed by atoms with Crippen molar-refractivity contribution in [3.63, 3.8) is 0 Å². The number of carbonyl (C=O) groups excluding carboxylic acids is 2. The Kier molecular flexibility index (Phi) is 4.67. The molecule has 0 saturated heterocycles. The molecule has 9 nitrogen and oxygen atoms in total. The molecule has 0 aliphatic carbocycles. The van der Waals surface area contributed by atoms with Crippen LogP contribution >= 0.6 is 0 Å². The van der Waals surface area contributed by atoms with Crippen LogP contribution in [0.5, 0.6) is 0 Å². The lowest BCUT2D eigenvalue weighted by molar-refractivity contribution is 0.0816. The average Bonchev–Trinajstić information content (AvgIpc) is 3.18. The molecule has 1 aromatic carbocycles. The van der Waals surface area contributed by atoms with E-state index in [1.165, 1.54) is 18.0 Å². The summed E-state index contributed by atoms with van der Waals surface area (Å²) in [6.45, 7) is 2.80. The van der Waals surface area contributed by atoms with Crippen LogP contribution in [0.4, 0.5) is 5.69 Å². The first-order valence-corrected chi connectivity index (χ1v) is 9.08. The van der Waals surface area contributed by atoms with Crippen LogP contribution in [0.1, 0.15) is 32.0 Å². The van der Waals surface area contributed by atoms with Crippen LogP contribution in [0, 0.1) is 6.92 Å². The molecule has 0 spiro atoms. The number of aryl methyl sites for hydroxylation is 1. The predicted molar refractivity (Wildman–Crippen MR) is 105 cm³/mol. The van der Waals surface area contributed by atoms with Gasteiger partial charge in [0.15, 0.2) is 0 Å². The van der Waals surface area contributed by atoms with E-state index in [0.717, 1.165) is 5.56 Å². The molecule has 0 unspecified atom stereocenters. The first-order chi connectivity index (χ1) is 13.9. The molecule has 1 N–H and O–H groups in total. The van der Waals surface area contributed by atoms with E-state index in [-0.39, 0.29) is 28.1 Å². The standard InChI is InChI=1S/C20H20N4O5/c1-11-15(16-18(29-11)21-10-24(20(16)27)6-7-28-3)17(25)22-13-5-4-12-9-23(2)19(26)14(12)8-13/h4-5,8,10H,6-7,9H2,1-3H3,(H,22,25). The van der Waals surface area contributed by atoms with Gasteiger partial charge in [-0.05, 0) is 24.6 Å². The molecule has 0 saturated carbocycles. The Balaban J connectivity index is 1.70. The van der Waals surface area contributed by atoms with Crippen LogP contribution in [0.3, 0.4) is 0 Å². The number of methoxy groups -OCH3 is 1. The molecular weight excluding hydrogens is 376 g/mol. The van der Waals surface area contributed by atoms with E-state index >= 15 is 0 Å². The smallest absolute Gasteiger partial charge is 0.265 e. The van der Waals surface area contributed by atoms with E-state index < -0.39 is 5.91 Å². The van der Waals surface area contributed by atoms with Crippen LogP contribution in [0.2, 0.25) is 0 Å². The van der Waals surface area contributed by atoms with Crippen LogP contribution in [0.15, 0.2) is 33.7 Å². The molecule has 0 atom stereocenters. The van der Waals surface area contributed by atoms with Crippen molar-refractivity contribution < 1.29 is 18.7 Å². The number of rotatable bonds is 5. The van der Waals surface area contributed by atoms with Gasteiger partial charge in [-0.15, -0.1) is 0 Å². The summed E-state index contributed by atoms with van der Waals surface area (Å²) in [5, 5.41) is 2.88. The van der Waals surface area contributed by atoms with Crippen molar-refractivity contribution in [1.82, 2.24) is 14.5 Å². The first kappa shape index (κ1) is 18.9. The highest BCUT2D eigenvalue weighted by molar-refractivity contribution is 6.13. The fourth-order valence-electron chi connectivity index (χ4n) is 3.48. The molecule has 150 valence electrons. The summed E-state index contributed by atoms with van der Waals surface area (Å²) in [6, 6.07) is 5.19. The summed E-state index contributed by atoms with van der Waals surface area (Å²) in [4.78, 5) is 43.7. The van der Waals surface area contributed by atoms with Crippen LogP contribution in [-0.2, 0) is 17.8 Å². The Morgan fingerprint density at radius 2 is 2.14 bits per heavy atom. The normalized spacial score (nSPS) is 13.2. The number of nitrogens with zero attached hydrogens (tertiary/aromatic N) is 3. The van der Waals surface area contributed by atoms with Crippen molar-refractivity contribution in [3.8, 4) is 0 Å². The van der Waals surface area contributed by atoms with Gasteiger partial charge in [0.05, 0.1) is 18.7 Å². The fraction of sp³-hybridized carbons (Fsp3) is 0.300. The molecule has 4 rings (SSSR count). The van der Waals surface area contributed by atoms with Crippen molar-refractivity contribution in [2.45, 2.75) is 20.0 Å². The van der Waals surface area contributed by atoms with Crippen LogP contribution in [-0.4, -0.2) is 47.0 Å². The molecule has 2 aromatic heterocycles. The molecule has 1 aliphatic rings. The zero-order valence-electron chi connectivity index (χ0n) is 16.3. The van der Waals surface area contributed by atoms with Gasteiger partial charge in [-0.25, -0.2) is 4.98 Å². The minimum Gasteiger partial charge on any atom is -0.442 e. The highest BCUT2D eigenvalue weighted by Gasteiger charge is 2.26. The highest BCUT2D eigenvalue weighted by Crippen LogP contribution is 2.26. The molecule has 9 heteroatoms. The van der Waals surface area contributed by atoms with Gasteiger partial charge in [0, 0.05) is 32.0 Å². The Bertz CT molecular complexity index is 1190. The molecule has 3 heterocycles. The predicted octanol–water partition coefficient (Wildman–Crippen LogP) is 1.78. The Labute approximate surface area is 165 Å². The van der Waals surface area contributed by atoms with Crippen molar-refractivity contribution in [2.75, 3.05) is 26.1 Å². The second-order valence-electron chi connectivity index (χ2n) is 6.94. The topological polar surface area (TPSA) is 107 Å². The van der Waals surface area contributed by atoms with E-state index in [1.54, 1.807) is 31.0 Å². The van der Waals surface area contributed by atoms with E-state index in [4.69, 9.17) is 9.15 Å². The van der Waals surface area contributed by atoms with Crippen LogP contribution < -0.4 is 10.9 Å². The maximum atomic E-state index is 13.0. The SMILES string of the molecule is COCCn1cnc2oc(C)c(C(=O)Nc3ccc4c(c3)C(=O)N(C)C4)c2c1=O. The average molecular weight is 396 g/mol. The largest absolute Gasteiger partial charge is 0.442 e. The monoisotopic (exact) mass is 396 g/mol. The summed E-state index contributed by atoms with van der Waals surface area (Å²) in [7, 11) is 3.26. The molecule has 0 radical (unpaired) electrons. The summed E-state index contributed by atoms with van der Waals surface area (Å²) in [5.41, 5.74) is 1.80. The number of benzene rings is 1. The number of furan rings is 1. The number of ether oxygens (including phenoxy) is 1. The molecule has 0 bridgehead atoms. The number of aromatic nitrogens is 2. The third kappa shape index (κ3) is 3.19. The molecule has 3 aromatic rings. The van der Waals surface area contributed by atoms with Crippen molar-refractivity contribution in [1.29, 1.82) is 0 Å². The third-order valence-corrected chi connectivity index (χ3v) is 4.97. The summed E-state index contributed by atoms with van der Waals surface area (Å²) < 4.78 is 11.9. The first-order valence-electron chi connectivity index (χ1n) is 9.08. The molecule has 1 aliphatic heterocycles. The minimum atomic E-state index is -0.497. The van der Waals surface area contributed by atoms with Crippen molar-refractivity contribution in [3.05, 3.63) is 57.3 Å². The molecular formula is C20H20N4O5. The molecule has 2 amide bonds. The highest BCUT2D eigenvalue weighted by atomic mass is 16.5. The second-order valence-corrected chi connectivity index (χ2v) is 6.94. The molecule has 0 fully saturated rings. The maximum Gasteiger partial charge on any atom is 0.265 e. The zero-order valence-corrected chi connectivity index (χ0v) is 16.3. The fourth-order valence-corrected chi connectivity index (χ4v) is 3.48. The number of nitrogens with one attached hydrogen (secondary N) is 1. The van der Waals surface area contributed by atoms with Gasteiger partial charge in [0.1, 0.15) is 17.5 Å². The second kappa shape index (κ2) is 7.17. The number of hydrogen-bond donors (Lipinski definition) is 1. The van der Waals surface area contributed by atoms with Gasteiger partial charge in [0.2, 0.25) is 5.71 Å². The lowest BCUT2D eigenvalue weighted by atomic mass is 10.1. The summed E-state index contributed by atoms with van der Waals surface area (Å²) >= 11 is 0. The van der Waals surface area contributed by atoms with E-state index in [1.807, 2.05) is 6.07 Å². The Morgan fingerprint density at radius 3 is 2.90 bits per heavy atom. The van der Waals surface area contributed by atoms with Crippen LogP contribution in [0.25, 0.3) is 11.1 Å². The lowest BCUT2D eigenvalue weighted by Crippen LogP contribution is -2.24. The van der Waals surface area contributed by atoms with Gasteiger partial charge in [-0.1, -0.05) is 6.07 Å². The Hall–Kier alpha value is -3.46. The number of carbonyl (C=O) groups is 2. The quantitative estimate of drug-likeness (QED) is 0.705. The minimum absolute atomic E-state index is 0.0914. The third-order valence-electron chi connectivity index (χ3n) is 4.97. The van der Waals surface area contributed by atoms with Crippen molar-refractivity contribution in [2.24, 2.45) is 0 Å². The number of anilines is 1. The summed E-state index contributed by atoms with van der Waals surface area (Å²) in [6.07, 6.45) is 1.37. The van der Waals surface area contributed by atoms with Gasteiger partial charge in [-0.2, -0.15) is 0 Å². The number of hydrogen-bond acceptors (Lipinski definition) is 6. The van der Waals surface area contributed by atoms with Crippen molar-refractivity contribution >= 4 is 28.6 Å². The zero-order chi connectivity index (χ0) is 20.7. The lowest BCUT2D eigenvalue weighted by Gasteiger charge is -2.07. The van der Waals surface area contributed by atoms with Gasteiger partial charge in [0.25, 0.3) is 17.4 Å². The van der Waals surface area contributed by atoms with Gasteiger partial charge < -0.3 is 19.4 Å². The van der Waals surface area contributed by atoms with Gasteiger partial charge in [-0.3, -0.25) is 19.0 Å². The Morgan fingerprint density at radius 1 is 1.34 bits per heavy atom. The van der Waals surface area contributed by atoms with Gasteiger partial charge >= 0.3 is 0 Å². The number of amides is 2. The molecule has 29 heavy (non-hydrogen) atoms. The van der Waals surface area contributed by atoms with E-state index in [0.29, 0.717) is 36.7 Å².